The number of fused-ring (bicyclic) bond motifs is 2. The van der Waals surface area contributed by atoms with E-state index < -0.39 is 6.36 Å². The third-order valence-corrected chi connectivity index (χ3v) is 5.63. The van der Waals surface area contributed by atoms with Gasteiger partial charge in [-0.2, -0.15) is 10.2 Å². The van der Waals surface area contributed by atoms with E-state index in [1.807, 2.05) is 13.8 Å². The molecular formula is C20H23F3N6O2. The van der Waals surface area contributed by atoms with Gasteiger partial charge in [0.25, 0.3) is 0 Å². The number of ether oxygens (including phenoxy) is 2. The molecule has 0 radical (unpaired) electrons. The van der Waals surface area contributed by atoms with Crippen LogP contribution < -0.4 is 14.8 Å². The van der Waals surface area contributed by atoms with Gasteiger partial charge in [0.15, 0.2) is 6.19 Å². The molecule has 0 amide bonds. The van der Waals surface area contributed by atoms with Gasteiger partial charge in [-0.25, -0.2) is 4.68 Å². The summed E-state index contributed by atoms with van der Waals surface area (Å²) in [4.78, 5) is 6.27. The maximum atomic E-state index is 12.3. The highest BCUT2D eigenvalue weighted by molar-refractivity contribution is 5.35. The number of alkyl halides is 3. The Morgan fingerprint density at radius 1 is 1.13 bits per heavy atom. The summed E-state index contributed by atoms with van der Waals surface area (Å²) in [6.45, 7) is 5.32. The highest BCUT2D eigenvalue weighted by Gasteiger charge is 2.42. The number of halogens is 3. The van der Waals surface area contributed by atoms with Crippen LogP contribution in [0, 0.1) is 23.3 Å². The number of nitriles is 1. The molecule has 1 aromatic heterocycles. The Labute approximate surface area is 177 Å². The van der Waals surface area contributed by atoms with Crippen LogP contribution in [0.15, 0.2) is 24.3 Å². The van der Waals surface area contributed by atoms with Crippen molar-refractivity contribution in [3.8, 4) is 23.7 Å². The average Bonchev–Trinajstić information content (AvgIpc) is 3.19. The van der Waals surface area contributed by atoms with Crippen LogP contribution in [-0.2, 0) is 0 Å². The number of likely N-dealkylation sites (tertiary alicyclic amines) is 1. The molecule has 11 heteroatoms. The van der Waals surface area contributed by atoms with Gasteiger partial charge in [-0.1, -0.05) is 0 Å². The molecule has 31 heavy (non-hydrogen) atoms. The van der Waals surface area contributed by atoms with Crippen molar-refractivity contribution in [2.24, 2.45) is 11.8 Å². The van der Waals surface area contributed by atoms with Crippen molar-refractivity contribution in [2.45, 2.75) is 45.1 Å². The quantitative estimate of drug-likeness (QED) is 0.681. The third-order valence-electron chi connectivity index (χ3n) is 5.63. The first-order valence-corrected chi connectivity index (χ1v) is 10.1. The van der Waals surface area contributed by atoms with E-state index in [0.717, 1.165) is 25.9 Å². The molecule has 2 aliphatic rings. The molecule has 1 aliphatic carbocycles. The Balaban J connectivity index is 1.48. The smallest absolute Gasteiger partial charge is 0.424 e. The van der Waals surface area contributed by atoms with Crippen LogP contribution in [0.1, 0.15) is 32.7 Å². The van der Waals surface area contributed by atoms with Gasteiger partial charge in [0.1, 0.15) is 11.5 Å². The number of nitrogens with zero attached hydrogens (tertiary/aromatic N) is 5. The second-order valence-corrected chi connectivity index (χ2v) is 8.15. The van der Waals surface area contributed by atoms with E-state index in [0.29, 0.717) is 23.5 Å². The predicted molar refractivity (Wildman–Crippen MR) is 104 cm³/mol. The minimum Gasteiger partial charge on any atom is -0.424 e. The lowest BCUT2D eigenvalue weighted by molar-refractivity contribution is -0.274. The molecular weight excluding hydrogens is 413 g/mol. The maximum Gasteiger partial charge on any atom is 0.573 e. The van der Waals surface area contributed by atoms with E-state index in [1.165, 1.54) is 24.3 Å². The van der Waals surface area contributed by atoms with Crippen LogP contribution in [0.5, 0.6) is 17.5 Å². The van der Waals surface area contributed by atoms with Crippen molar-refractivity contribution in [2.75, 3.05) is 18.4 Å². The fraction of sp³-hybridized carbons (Fsp3) is 0.550. The molecule has 2 heterocycles. The number of aromatic nitrogens is 3. The zero-order chi connectivity index (χ0) is 22.2. The summed E-state index contributed by atoms with van der Waals surface area (Å²) in [7, 11) is 0. The molecule has 8 nitrogen and oxygen atoms in total. The number of hydrogen-bond donors (Lipinski definition) is 1. The first-order chi connectivity index (χ1) is 14.7. The fourth-order valence-electron chi connectivity index (χ4n) is 4.28. The summed E-state index contributed by atoms with van der Waals surface area (Å²) in [5.41, 5.74) is 0. The van der Waals surface area contributed by atoms with Crippen LogP contribution in [0.25, 0.3) is 0 Å². The monoisotopic (exact) mass is 436 g/mol. The lowest BCUT2D eigenvalue weighted by Crippen LogP contribution is -2.46. The molecule has 166 valence electrons. The van der Waals surface area contributed by atoms with Gasteiger partial charge in [-0.15, -0.1) is 18.3 Å². The zero-order valence-corrected chi connectivity index (χ0v) is 17.1. The average molecular weight is 436 g/mol. The molecule has 4 rings (SSSR count). The first kappa shape index (κ1) is 21.1. The van der Waals surface area contributed by atoms with Gasteiger partial charge in [-0.05, 0) is 62.8 Å². The largest absolute Gasteiger partial charge is 0.573 e. The molecule has 1 N–H and O–H groups in total. The number of piperidine rings is 1. The normalized spacial score (nSPS) is 23.0. The van der Waals surface area contributed by atoms with Crippen molar-refractivity contribution in [1.82, 2.24) is 19.7 Å². The van der Waals surface area contributed by atoms with Gasteiger partial charge in [0, 0.05) is 19.1 Å². The minimum absolute atomic E-state index is 0.0388. The summed E-state index contributed by atoms with van der Waals surface area (Å²) in [6, 6.07) is 5.51. The van der Waals surface area contributed by atoms with E-state index in [-0.39, 0.29) is 23.8 Å². The van der Waals surface area contributed by atoms with Crippen LogP contribution >= 0.6 is 0 Å². The topological polar surface area (TPSA) is 88.2 Å². The molecule has 2 fully saturated rings. The minimum atomic E-state index is -4.75. The number of rotatable bonds is 6. The molecule has 2 aromatic rings. The second-order valence-electron chi connectivity index (χ2n) is 8.15. The van der Waals surface area contributed by atoms with Gasteiger partial charge in [0.2, 0.25) is 5.95 Å². The van der Waals surface area contributed by atoms with E-state index in [9.17, 15) is 18.4 Å². The molecule has 2 unspecified atom stereocenters. The van der Waals surface area contributed by atoms with Crippen molar-refractivity contribution < 1.29 is 22.6 Å². The molecule has 1 saturated carbocycles. The number of anilines is 1. The van der Waals surface area contributed by atoms with Crippen LogP contribution in [0.2, 0.25) is 0 Å². The van der Waals surface area contributed by atoms with Crippen LogP contribution in [-0.4, -0.2) is 45.2 Å². The SMILES string of the molecule is CC(C)n1nc(NC2C3CCC2CN(C#N)C3)nc1Oc1ccc(OC(F)(F)F)cc1. The fourth-order valence-corrected chi connectivity index (χ4v) is 4.28. The lowest BCUT2D eigenvalue weighted by atomic mass is 9.92. The van der Waals surface area contributed by atoms with Gasteiger partial charge in [0.05, 0.1) is 6.04 Å². The lowest BCUT2D eigenvalue weighted by Gasteiger charge is -2.35. The summed E-state index contributed by atoms with van der Waals surface area (Å²) in [5.74, 6) is 1.14. The Hall–Kier alpha value is -3.16. The van der Waals surface area contributed by atoms with Crippen molar-refractivity contribution in [1.29, 1.82) is 5.26 Å². The number of benzene rings is 1. The predicted octanol–water partition coefficient (Wildman–Crippen LogP) is 4.15. The van der Waals surface area contributed by atoms with E-state index in [2.05, 4.69) is 26.3 Å². The summed E-state index contributed by atoms with van der Waals surface area (Å²) in [5, 5.41) is 17.1. The highest BCUT2D eigenvalue weighted by Crippen LogP contribution is 2.38. The van der Waals surface area contributed by atoms with E-state index in [4.69, 9.17) is 4.74 Å². The van der Waals surface area contributed by atoms with Gasteiger partial charge < -0.3 is 19.7 Å². The standard InChI is InChI=1S/C20H23F3N6O2/c1-12(2)29-19(30-15-5-7-16(8-6-15)31-20(21,22)23)26-18(27-29)25-17-13-3-4-14(17)10-28(9-13)11-24/h5-8,12-14,17H,3-4,9-10H2,1-2H3,(H,25,27). The Kier molecular flexibility index (Phi) is 5.56. The summed E-state index contributed by atoms with van der Waals surface area (Å²) >= 11 is 0. The second kappa shape index (κ2) is 8.17. The number of nitrogens with one attached hydrogen (secondary N) is 1. The maximum absolute atomic E-state index is 12.3. The van der Waals surface area contributed by atoms with Gasteiger partial charge >= 0.3 is 12.4 Å². The Bertz CT molecular complexity index is 939. The van der Waals surface area contributed by atoms with E-state index in [1.54, 1.807) is 9.58 Å². The van der Waals surface area contributed by atoms with Crippen LogP contribution in [0.4, 0.5) is 19.1 Å². The molecule has 2 atom stereocenters. The molecule has 1 aliphatic heterocycles. The van der Waals surface area contributed by atoms with Gasteiger partial charge in [-0.3, -0.25) is 0 Å². The van der Waals surface area contributed by atoms with Crippen LogP contribution in [0.3, 0.4) is 0 Å². The summed E-state index contributed by atoms with van der Waals surface area (Å²) in [6.07, 6.45) is -0.393. The highest BCUT2D eigenvalue weighted by atomic mass is 19.4. The van der Waals surface area contributed by atoms with E-state index >= 15 is 0 Å². The van der Waals surface area contributed by atoms with Crippen molar-refractivity contribution in [3.05, 3.63) is 24.3 Å². The molecule has 0 spiro atoms. The molecule has 1 aromatic carbocycles. The first-order valence-electron chi connectivity index (χ1n) is 10.1. The van der Waals surface area contributed by atoms with Crippen molar-refractivity contribution >= 4 is 5.95 Å². The Morgan fingerprint density at radius 2 is 1.74 bits per heavy atom. The third kappa shape index (κ3) is 4.78. The van der Waals surface area contributed by atoms with Crippen molar-refractivity contribution in [3.63, 3.8) is 0 Å². The molecule has 2 bridgehead atoms. The summed E-state index contributed by atoms with van der Waals surface area (Å²) < 4.78 is 48.3. The number of hydrogen-bond acceptors (Lipinski definition) is 7. The zero-order valence-electron chi connectivity index (χ0n) is 17.1. The Morgan fingerprint density at radius 3 is 2.29 bits per heavy atom. The molecule has 1 saturated heterocycles.